The van der Waals surface area contributed by atoms with Gasteiger partial charge < -0.3 is 34.1 Å². The van der Waals surface area contributed by atoms with E-state index in [0.717, 1.165) is 17.3 Å². The molecule has 0 radical (unpaired) electrons. The number of aromatic nitrogens is 2. The zero-order chi connectivity index (χ0) is 24.4. The van der Waals surface area contributed by atoms with Crippen LogP contribution in [0.25, 0.3) is 0 Å². The van der Waals surface area contributed by atoms with Gasteiger partial charge >= 0.3 is 13.4 Å². The first kappa shape index (κ1) is 33.8. The monoisotopic (exact) mass is 502 g/mol. The topological polar surface area (TPSA) is 156 Å². The summed E-state index contributed by atoms with van der Waals surface area (Å²) in [5.41, 5.74) is 0.911. The highest BCUT2D eigenvalue weighted by Gasteiger charge is 2.00. The Labute approximate surface area is 188 Å². The number of ether oxygens (including phenoxy) is 1. The first-order chi connectivity index (χ1) is 13.7. The minimum absolute atomic E-state index is 0.589. The van der Waals surface area contributed by atoms with Crippen molar-refractivity contribution in [3.63, 3.8) is 0 Å². The van der Waals surface area contributed by atoms with Gasteiger partial charge in [-0.1, -0.05) is 52.3 Å². The van der Waals surface area contributed by atoms with E-state index in [9.17, 15) is 0 Å². The Kier molecular flexibility index (Phi) is 21.3. The lowest BCUT2D eigenvalue weighted by atomic mass is 10.3. The van der Waals surface area contributed by atoms with Gasteiger partial charge in [-0.2, -0.15) is 4.98 Å². The average Bonchev–Trinajstić information content (AvgIpc) is 2.54. The fourth-order valence-electron chi connectivity index (χ4n) is 1.34. The van der Waals surface area contributed by atoms with Crippen LogP contribution in [0.2, 0.25) is 0 Å². The minimum Gasteiger partial charge on any atom is -0.439 e. The fraction of sp³-hybridized carbons (Fsp3) is 0.412. The summed E-state index contributed by atoms with van der Waals surface area (Å²) in [5.74, 6) is 2.10. The summed E-state index contributed by atoms with van der Waals surface area (Å²) >= 11 is 7.21. The van der Waals surface area contributed by atoms with E-state index in [0.29, 0.717) is 5.88 Å². The molecule has 2 rings (SSSR count). The van der Waals surface area contributed by atoms with Crippen LogP contribution in [-0.4, -0.2) is 39.3 Å². The molecule has 0 amide bonds. The Morgan fingerprint density at radius 3 is 1.53 bits per heavy atom. The highest BCUT2D eigenvalue weighted by atomic mass is 32.5. The molecule has 0 unspecified atom stereocenters. The number of hydrogen-bond acceptors (Lipinski definition) is 5. The minimum atomic E-state index is -3.81. The zero-order valence-corrected chi connectivity index (χ0v) is 21.3. The third kappa shape index (κ3) is 34.7. The van der Waals surface area contributed by atoms with Crippen molar-refractivity contribution in [1.29, 1.82) is 0 Å². The Morgan fingerprint density at radius 2 is 1.20 bits per heavy atom. The van der Waals surface area contributed by atoms with Gasteiger partial charge in [0.1, 0.15) is 11.6 Å². The summed E-state index contributed by atoms with van der Waals surface area (Å²) in [7, 11) is 0. The van der Waals surface area contributed by atoms with Crippen molar-refractivity contribution in [2.24, 2.45) is 0 Å². The predicted molar refractivity (Wildman–Crippen MR) is 127 cm³/mol. The molecular formula is C17H32N2O7P2S2. The Hall–Kier alpha value is -0.840. The van der Waals surface area contributed by atoms with Crippen LogP contribution >= 0.6 is 13.4 Å². The average molecular weight is 503 g/mol. The van der Waals surface area contributed by atoms with Crippen molar-refractivity contribution in [2.75, 3.05) is 0 Å². The summed E-state index contributed by atoms with van der Waals surface area (Å²) in [6.45, 7) is 4.41. The lowest BCUT2D eigenvalue weighted by Crippen LogP contribution is -1.94. The van der Waals surface area contributed by atoms with E-state index in [-0.39, 0.29) is 0 Å². The van der Waals surface area contributed by atoms with E-state index in [1.54, 1.807) is 0 Å². The third-order valence-electron chi connectivity index (χ3n) is 1.91. The highest BCUT2D eigenvalue weighted by molar-refractivity contribution is 8.06. The maximum absolute atomic E-state index is 7.56. The van der Waals surface area contributed by atoms with Crippen molar-refractivity contribution < 1.29 is 34.1 Å². The third-order valence-corrected chi connectivity index (χ3v) is 1.91. The normalized spacial score (nSPS) is 9.73. The second kappa shape index (κ2) is 18.9. The fourth-order valence-corrected chi connectivity index (χ4v) is 1.34. The van der Waals surface area contributed by atoms with E-state index in [1.807, 2.05) is 64.1 Å². The molecule has 0 atom stereocenters. The zero-order valence-electron chi connectivity index (χ0n) is 17.9. The molecule has 9 nitrogen and oxygen atoms in total. The van der Waals surface area contributed by atoms with Crippen molar-refractivity contribution in [2.45, 2.75) is 48.0 Å². The summed E-state index contributed by atoms with van der Waals surface area (Å²) in [6.07, 6.45) is 1.25. The van der Waals surface area contributed by atoms with Crippen LogP contribution in [-0.2, 0) is 23.6 Å². The molecule has 0 bridgehead atoms. The largest absolute Gasteiger partial charge is 0.439 e. The van der Waals surface area contributed by atoms with Gasteiger partial charge in [-0.05, 0) is 49.6 Å². The Morgan fingerprint density at radius 1 is 0.833 bits per heavy atom. The van der Waals surface area contributed by atoms with E-state index < -0.39 is 13.4 Å². The van der Waals surface area contributed by atoms with Crippen LogP contribution in [0.3, 0.4) is 0 Å². The van der Waals surface area contributed by atoms with E-state index >= 15 is 0 Å². The second-order valence-corrected chi connectivity index (χ2v) is 10.0. The molecule has 6 N–H and O–H groups in total. The van der Waals surface area contributed by atoms with Crippen molar-refractivity contribution >= 4 is 37.1 Å². The van der Waals surface area contributed by atoms with E-state index in [2.05, 4.69) is 47.4 Å². The SMILES string of the molecule is CC.CCC.Cc1cc(Oc2ccccc2)nc(C)n1.OP(O)(O)=S.OP(O)(O)=S. The van der Waals surface area contributed by atoms with Gasteiger partial charge in [0.25, 0.3) is 0 Å². The van der Waals surface area contributed by atoms with Crippen LogP contribution in [0.1, 0.15) is 45.6 Å². The molecule has 0 fully saturated rings. The summed E-state index contributed by atoms with van der Waals surface area (Å²) in [4.78, 5) is 53.7. The quantitative estimate of drug-likeness (QED) is 0.333. The summed E-state index contributed by atoms with van der Waals surface area (Å²) in [6, 6.07) is 11.4. The van der Waals surface area contributed by atoms with Crippen LogP contribution < -0.4 is 4.74 Å². The Bertz CT molecular complexity index is 715. The molecule has 1 heterocycles. The van der Waals surface area contributed by atoms with Crippen LogP contribution in [0.15, 0.2) is 36.4 Å². The lowest BCUT2D eigenvalue weighted by molar-refractivity contribution is 0.361. The molecule has 1 aromatic heterocycles. The van der Waals surface area contributed by atoms with Gasteiger partial charge in [-0.3, -0.25) is 0 Å². The molecule has 174 valence electrons. The Balaban J connectivity index is -0.000000404. The van der Waals surface area contributed by atoms with Gasteiger partial charge in [-0.25, -0.2) is 4.98 Å². The molecule has 0 saturated heterocycles. The van der Waals surface area contributed by atoms with Crippen LogP contribution in [0, 0.1) is 13.8 Å². The van der Waals surface area contributed by atoms with Gasteiger partial charge in [0.2, 0.25) is 5.88 Å². The molecule has 1 aromatic carbocycles. The number of rotatable bonds is 2. The molecule has 0 aliphatic rings. The number of benzene rings is 1. The summed E-state index contributed by atoms with van der Waals surface area (Å²) < 4.78 is 5.59. The molecule has 30 heavy (non-hydrogen) atoms. The van der Waals surface area contributed by atoms with Crippen LogP contribution in [0.4, 0.5) is 0 Å². The molecule has 0 aliphatic carbocycles. The first-order valence-electron chi connectivity index (χ1n) is 8.77. The summed E-state index contributed by atoms with van der Waals surface area (Å²) in [5, 5.41) is 0. The molecular weight excluding hydrogens is 470 g/mol. The standard InChI is InChI=1S/C12H12N2O.C3H8.C2H6.2H3O3PS/c1-9-8-12(14-10(2)13-9)15-11-6-4-3-5-7-11;1-3-2;1-2;2*1-4(2,3)5/h3-8H,1-2H3;3H2,1-2H3;1-2H3;2*(H3,1,2,3,5). The molecule has 0 saturated carbocycles. The van der Waals surface area contributed by atoms with Gasteiger partial charge in [0.15, 0.2) is 0 Å². The number of aryl methyl sites for hydroxylation is 2. The number of para-hydroxylation sites is 1. The maximum Gasteiger partial charge on any atom is 0.319 e. The second-order valence-electron chi connectivity index (χ2n) is 5.04. The number of hydrogen-bond donors (Lipinski definition) is 6. The van der Waals surface area contributed by atoms with Crippen molar-refractivity contribution in [3.8, 4) is 11.6 Å². The first-order valence-corrected chi connectivity index (χ1v) is 14.1. The molecule has 13 heteroatoms. The highest BCUT2D eigenvalue weighted by Crippen LogP contribution is 2.27. The molecule has 0 spiro atoms. The molecule has 0 aliphatic heterocycles. The maximum atomic E-state index is 7.56. The van der Waals surface area contributed by atoms with Gasteiger partial charge in [0, 0.05) is 11.8 Å². The van der Waals surface area contributed by atoms with E-state index in [1.165, 1.54) is 6.42 Å². The molecule has 2 aromatic rings. The van der Waals surface area contributed by atoms with Crippen molar-refractivity contribution in [3.05, 3.63) is 47.9 Å². The predicted octanol–water partition coefficient (Wildman–Crippen LogP) is 3.70. The number of nitrogens with zero attached hydrogens (tertiary/aromatic N) is 2. The smallest absolute Gasteiger partial charge is 0.319 e. The van der Waals surface area contributed by atoms with Crippen LogP contribution in [0.5, 0.6) is 11.6 Å². The van der Waals surface area contributed by atoms with Gasteiger partial charge in [0.05, 0.1) is 0 Å². The van der Waals surface area contributed by atoms with Crippen molar-refractivity contribution in [1.82, 2.24) is 9.97 Å². The van der Waals surface area contributed by atoms with Gasteiger partial charge in [-0.15, -0.1) is 0 Å². The van der Waals surface area contributed by atoms with E-state index in [4.69, 9.17) is 34.1 Å². The lowest BCUT2D eigenvalue weighted by Gasteiger charge is -2.05.